The Labute approximate surface area is 112 Å². The van der Waals surface area contributed by atoms with Crippen LogP contribution in [0.25, 0.3) is 0 Å². The molecule has 0 radical (unpaired) electrons. The first-order valence-electron chi connectivity index (χ1n) is 6.36. The van der Waals surface area contributed by atoms with E-state index in [1.54, 1.807) is 24.1 Å². The molecule has 5 nitrogen and oxygen atoms in total. The topological polar surface area (TPSA) is 65.4 Å². The highest BCUT2D eigenvalue weighted by atomic mass is 16.5. The summed E-state index contributed by atoms with van der Waals surface area (Å²) in [6.45, 7) is 1.39. The summed E-state index contributed by atoms with van der Waals surface area (Å²) in [4.78, 5) is 13.2. The van der Waals surface area contributed by atoms with Crippen LogP contribution >= 0.6 is 0 Å². The summed E-state index contributed by atoms with van der Waals surface area (Å²) in [6, 6.07) is 9.21. The van der Waals surface area contributed by atoms with Gasteiger partial charge >= 0.3 is 6.03 Å². The van der Waals surface area contributed by atoms with Crippen LogP contribution in [0.4, 0.5) is 4.79 Å². The molecule has 0 atom stereocenters. The first-order chi connectivity index (χ1) is 9.22. The van der Waals surface area contributed by atoms with Gasteiger partial charge in [-0.2, -0.15) is 5.26 Å². The lowest BCUT2D eigenvalue weighted by atomic mass is 10.1. The Hall–Kier alpha value is -2.22. The number of rotatable bonds is 2. The molecule has 19 heavy (non-hydrogen) atoms. The molecule has 1 aliphatic heterocycles. The van der Waals surface area contributed by atoms with Gasteiger partial charge in [-0.25, -0.2) is 4.79 Å². The molecule has 1 heterocycles. The molecule has 1 N–H and O–H groups in total. The maximum absolute atomic E-state index is 11.5. The lowest BCUT2D eigenvalue weighted by Crippen LogP contribution is -2.45. The Morgan fingerprint density at radius 2 is 2.21 bits per heavy atom. The van der Waals surface area contributed by atoms with Gasteiger partial charge in [0.05, 0.1) is 11.6 Å². The van der Waals surface area contributed by atoms with Crippen molar-refractivity contribution in [1.29, 1.82) is 5.26 Å². The number of amides is 2. The number of likely N-dealkylation sites (tertiary alicyclic amines) is 1. The number of nitrogens with one attached hydrogen (secondary N) is 1. The number of nitriles is 1. The molecule has 1 aliphatic rings. The van der Waals surface area contributed by atoms with Crippen molar-refractivity contribution in [3.05, 3.63) is 29.8 Å². The predicted octanol–water partition coefficient (Wildman–Crippen LogP) is 1.74. The maximum atomic E-state index is 11.5. The summed E-state index contributed by atoms with van der Waals surface area (Å²) in [6.07, 6.45) is 1.73. The van der Waals surface area contributed by atoms with Crippen LogP contribution < -0.4 is 10.1 Å². The van der Waals surface area contributed by atoms with Crippen molar-refractivity contribution in [3.63, 3.8) is 0 Å². The molecule has 100 valence electrons. The molecule has 0 bridgehead atoms. The standard InChI is InChI=1S/C14H17N3O2/c1-16-14(18)17-7-5-12(6-8-17)19-13-4-2-3-11(9-13)10-15/h2-4,9,12H,5-8H2,1H3,(H,16,18). The molecule has 0 spiro atoms. The fraction of sp³-hybridized carbons (Fsp3) is 0.429. The van der Waals surface area contributed by atoms with Gasteiger partial charge in [0.1, 0.15) is 11.9 Å². The van der Waals surface area contributed by atoms with Crippen LogP contribution in [0, 0.1) is 11.3 Å². The van der Waals surface area contributed by atoms with Crippen molar-refractivity contribution in [2.24, 2.45) is 0 Å². The third-order valence-electron chi connectivity index (χ3n) is 3.21. The van der Waals surface area contributed by atoms with Gasteiger partial charge < -0.3 is 15.0 Å². The van der Waals surface area contributed by atoms with Crippen LogP contribution in [0.15, 0.2) is 24.3 Å². The minimum atomic E-state index is -0.0371. The van der Waals surface area contributed by atoms with Gasteiger partial charge in [-0.3, -0.25) is 0 Å². The fourth-order valence-electron chi connectivity index (χ4n) is 2.17. The van der Waals surface area contributed by atoms with Crippen molar-refractivity contribution in [2.45, 2.75) is 18.9 Å². The van der Waals surface area contributed by atoms with Crippen LogP contribution in [-0.4, -0.2) is 37.2 Å². The van der Waals surface area contributed by atoms with Crippen LogP contribution in [0.3, 0.4) is 0 Å². The van der Waals surface area contributed by atoms with Crippen LogP contribution in [-0.2, 0) is 0 Å². The molecule has 1 fully saturated rings. The van der Waals surface area contributed by atoms with E-state index in [9.17, 15) is 4.79 Å². The molecule has 2 amide bonds. The summed E-state index contributed by atoms with van der Waals surface area (Å²) in [5.74, 6) is 0.720. The van der Waals surface area contributed by atoms with Crippen LogP contribution in [0.2, 0.25) is 0 Å². The second-order valence-corrected chi connectivity index (χ2v) is 4.50. The lowest BCUT2D eigenvalue weighted by molar-refractivity contribution is 0.112. The van der Waals surface area contributed by atoms with Gasteiger partial charge in [-0.15, -0.1) is 0 Å². The smallest absolute Gasteiger partial charge is 0.317 e. The van der Waals surface area contributed by atoms with Gasteiger partial charge in [0.25, 0.3) is 0 Å². The largest absolute Gasteiger partial charge is 0.490 e. The highest BCUT2D eigenvalue weighted by Crippen LogP contribution is 2.20. The Bertz CT molecular complexity index is 488. The van der Waals surface area contributed by atoms with Gasteiger partial charge in [0, 0.05) is 33.0 Å². The Kier molecular flexibility index (Phi) is 4.24. The fourth-order valence-corrected chi connectivity index (χ4v) is 2.17. The minimum absolute atomic E-state index is 0.0371. The van der Waals surface area contributed by atoms with Gasteiger partial charge in [-0.1, -0.05) is 6.07 Å². The molecular formula is C14H17N3O2. The summed E-state index contributed by atoms with van der Waals surface area (Å²) in [5.41, 5.74) is 0.597. The third-order valence-corrected chi connectivity index (χ3v) is 3.21. The number of carbonyl (C=O) groups is 1. The Morgan fingerprint density at radius 3 is 2.84 bits per heavy atom. The Balaban J connectivity index is 1.89. The predicted molar refractivity (Wildman–Crippen MR) is 70.8 cm³/mol. The van der Waals surface area contributed by atoms with Crippen LogP contribution in [0.1, 0.15) is 18.4 Å². The average molecular weight is 259 g/mol. The first-order valence-corrected chi connectivity index (χ1v) is 6.36. The van der Waals surface area contributed by atoms with Crippen LogP contribution in [0.5, 0.6) is 5.75 Å². The number of piperidine rings is 1. The van der Waals surface area contributed by atoms with E-state index in [1.165, 1.54) is 0 Å². The molecule has 1 saturated heterocycles. The average Bonchev–Trinajstić information content (AvgIpc) is 2.47. The van der Waals surface area contributed by atoms with Crippen molar-refractivity contribution in [3.8, 4) is 11.8 Å². The second-order valence-electron chi connectivity index (χ2n) is 4.50. The normalized spacial score (nSPS) is 15.7. The van der Waals surface area contributed by atoms with Gasteiger partial charge in [0.2, 0.25) is 0 Å². The summed E-state index contributed by atoms with van der Waals surface area (Å²) in [5, 5.41) is 11.5. The highest BCUT2D eigenvalue weighted by molar-refractivity contribution is 5.73. The molecule has 0 aromatic heterocycles. The molecule has 0 aliphatic carbocycles. The number of ether oxygens (including phenoxy) is 1. The van der Waals surface area contributed by atoms with E-state index in [0.29, 0.717) is 18.7 Å². The minimum Gasteiger partial charge on any atom is -0.490 e. The second kappa shape index (κ2) is 6.10. The summed E-state index contributed by atoms with van der Waals surface area (Å²) >= 11 is 0. The van der Waals surface area contributed by atoms with Crippen molar-refractivity contribution < 1.29 is 9.53 Å². The van der Waals surface area contributed by atoms with E-state index in [1.807, 2.05) is 12.1 Å². The SMILES string of the molecule is CNC(=O)N1CCC(Oc2cccc(C#N)c2)CC1. The van der Waals surface area contributed by atoms with Crippen molar-refractivity contribution in [2.75, 3.05) is 20.1 Å². The zero-order valence-corrected chi connectivity index (χ0v) is 10.9. The van der Waals surface area contributed by atoms with Crippen molar-refractivity contribution in [1.82, 2.24) is 10.2 Å². The number of nitrogens with zero attached hydrogens (tertiary/aromatic N) is 2. The van der Waals surface area contributed by atoms with Gasteiger partial charge in [0.15, 0.2) is 0 Å². The monoisotopic (exact) mass is 259 g/mol. The van der Waals surface area contributed by atoms with E-state index >= 15 is 0 Å². The number of benzene rings is 1. The summed E-state index contributed by atoms with van der Waals surface area (Å²) in [7, 11) is 1.64. The number of hydrogen-bond acceptors (Lipinski definition) is 3. The van der Waals surface area contributed by atoms with E-state index in [-0.39, 0.29) is 12.1 Å². The molecule has 0 unspecified atom stereocenters. The molecule has 5 heteroatoms. The molecule has 1 aromatic rings. The number of urea groups is 1. The summed E-state index contributed by atoms with van der Waals surface area (Å²) < 4.78 is 5.85. The third kappa shape index (κ3) is 3.38. The molecular weight excluding hydrogens is 242 g/mol. The zero-order valence-electron chi connectivity index (χ0n) is 10.9. The highest BCUT2D eigenvalue weighted by Gasteiger charge is 2.23. The van der Waals surface area contributed by atoms with E-state index < -0.39 is 0 Å². The van der Waals surface area contributed by atoms with Gasteiger partial charge in [-0.05, 0) is 18.2 Å². The van der Waals surface area contributed by atoms with E-state index in [2.05, 4.69) is 11.4 Å². The quantitative estimate of drug-likeness (QED) is 0.879. The van der Waals surface area contributed by atoms with E-state index in [0.717, 1.165) is 18.6 Å². The number of hydrogen-bond donors (Lipinski definition) is 1. The molecule has 1 aromatic carbocycles. The lowest BCUT2D eigenvalue weighted by Gasteiger charge is -2.31. The van der Waals surface area contributed by atoms with Crippen molar-refractivity contribution >= 4 is 6.03 Å². The maximum Gasteiger partial charge on any atom is 0.317 e. The van der Waals surface area contributed by atoms with E-state index in [4.69, 9.17) is 10.00 Å². The Morgan fingerprint density at radius 1 is 1.47 bits per heavy atom. The zero-order chi connectivity index (χ0) is 13.7. The number of carbonyl (C=O) groups excluding carboxylic acids is 1. The first kappa shape index (κ1) is 13.2. The molecule has 2 rings (SSSR count). The molecule has 0 saturated carbocycles.